The zero-order chi connectivity index (χ0) is 29.6. The van der Waals surface area contributed by atoms with Crippen molar-refractivity contribution in [1.82, 2.24) is 15.6 Å². The van der Waals surface area contributed by atoms with E-state index in [-0.39, 0.29) is 30.0 Å². The Kier molecular flexibility index (Phi) is 9.91. The van der Waals surface area contributed by atoms with Crippen molar-refractivity contribution in [3.8, 4) is 5.75 Å². The van der Waals surface area contributed by atoms with E-state index in [0.29, 0.717) is 28.8 Å². The number of benzene rings is 2. The van der Waals surface area contributed by atoms with Crippen LogP contribution in [-0.4, -0.2) is 42.4 Å². The van der Waals surface area contributed by atoms with Crippen LogP contribution < -0.4 is 15.4 Å². The molecule has 4 rings (SSSR count). The van der Waals surface area contributed by atoms with Crippen LogP contribution in [0.1, 0.15) is 57.6 Å². The lowest BCUT2D eigenvalue weighted by Gasteiger charge is -2.35. The maximum Gasteiger partial charge on any atom is 0.407 e. The molecule has 9 heteroatoms. The van der Waals surface area contributed by atoms with Crippen LogP contribution in [0.5, 0.6) is 5.75 Å². The van der Waals surface area contributed by atoms with Crippen LogP contribution in [0.25, 0.3) is 17.0 Å². The number of methoxy groups -OCH3 is 1. The number of nitrogens with zero attached hydrogens (tertiary/aromatic N) is 1. The number of carbonyl (C=O) groups is 1. The normalized spacial score (nSPS) is 18.4. The fraction of sp³-hybridized carbons (Fsp3) is 0.438. The molecular weight excluding hydrogens is 531 g/mol. The predicted molar refractivity (Wildman–Crippen MR) is 154 cm³/mol. The molecule has 1 fully saturated rings. The number of carbonyl (C=O) groups excluding carboxylic acids is 1. The van der Waals surface area contributed by atoms with Gasteiger partial charge in [0.2, 0.25) is 0 Å². The Labute approximate surface area is 239 Å². The summed E-state index contributed by atoms with van der Waals surface area (Å²) < 4.78 is 53.3. The van der Waals surface area contributed by atoms with Crippen LogP contribution in [0.15, 0.2) is 48.7 Å². The molecule has 0 bridgehead atoms. The number of ether oxygens (including phenoxy) is 2. The van der Waals surface area contributed by atoms with E-state index in [1.54, 1.807) is 58.2 Å². The number of pyridine rings is 1. The van der Waals surface area contributed by atoms with Crippen LogP contribution >= 0.6 is 0 Å². The first-order valence-electron chi connectivity index (χ1n) is 14.0. The molecule has 220 valence electrons. The van der Waals surface area contributed by atoms with Crippen LogP contribution in [0.2, 0.25) is 0 Å². The Bertz CT molecular complexity index is 1380. The first-order chi connectivity index (χ1) is 19.5. The highest BCUT2D eigenvalue weighted by Crippen LogP contribution is 2.32. The third kappa shape index (κ3) is 8.45. The van der Waals surface area contributed by atoms with Crippen molar-refractivity contribution in [2.24, 2.45) is 5.92 Å². The Morgan fingerprint density at radius 2 is 1.83 bits per heavy atom. The summed E-state index contributed by atoms with van der Waals surface area (Å²) in [5.74, 6) is -0.679. The van der Waals surface area contributed by atoms with Gasteiger partial charge in [-0.3, -0.25) is 4.98 Å². The minimum absolute atomic E-state index is 0.103. The van der Waals surface area contributed by atoms with E-state index < -0.39 is 29.1 Å². The molecule has 0 radical (unpaired) electrons. The van der Waals surface area contributed by atoms with Crippen molar-refractivity contribution in [3.63, 3.8) is 0 Å². The van der Waals surface area contributed by atoms with E-state index in [1.165, 1.54) is 12.3 Å². The second-order valence-electron chi connectivity index (χ2n) is 11.5. The quantitative estimate of drug-likeness (QED) is 0.292. The molecule has 1 aliphatic carbocycles. The number of hydrogen-bond acceptors (Lipinski definition) is 5. The fourth-order valence-corrected chi connectivity index (χ4v) is 5.34. The maximum atomic E-state index is 15.2. The van der Waals surface area contributed by atoms with Crippen LogP contribution in [-0.2, 0) is 11.2 Å². The molecule has 0 aliphatic heterocycles. The molecule has 1 amide bonds. The van der Waals surface area contributed by atoms with Gasteiger partial charge in [-0.15, -0.1) is 0 Å². The van der Waals surface area contributed by atoms with E-state index in [1.807, 2.05) is 0 Å². The van der Waals surface area contributed by atoms with Gasteiger partial charge in [-0.1, -0.05) is 12.2 Å². The lowest BCUT2D eigenvalue weighted by Crippen LogP contribution is -2.46. The average molecular weight is 570 g/mol. The van der Waals surface area contributed by atoms with Gasteiger partial charge < -0.3 is 20.1 Å². The van der Waals surface area contributed by atoms with E-state index in [9.17, 15) is 13.6 Å². The fourth-order valence-electron chi connectivity index (χ4n) is 5.34. The second-order valence-corrected chi connectivity index (χ2v) is 11.5. The first-order valence-corrected chi connectivity index (χ1v) is 14.0. The van der Waals surface area contributed by atoms with E-state index in [2.05, 4.69) is 15.6 Å². The molecule has 0 spiro atoms. The van der Waals surface area contributed by atoms with Gasteiger partial charge in [-0.05, 0) is 95.2 Å². The Balaban J connectivity index is 1.44. The van der Waals surface area contributed by atoms with Crippen LogP contribution in [0.3, 0.4) is 0 Å². The van der Waals surface area contributed by atoms with Gasteiger partial charge in [0.15, 0.2) is 0 Å². The molecule has 6 nitrogen and oxygen atoms in total. The highest BCUT2D eigenvalue weighted by atomic mass is 19.1. The maximum absolute atomic E-state index is 15.2. The summed E-state index contributed by atoms with van der Waals surface area (Å²) in [6.45, 7) is 5.93. The standard InChI is InChI=1S/C32H38F3N3O3/c1-32(2,3)41-31(39)38-30(18-25-26-17-24(40-4)12-14-29(26)37-19-28(25)35)20-7-10-23(11-8-20)36-15-5-6-21-16-22(33)9-13-27(21)34/h5-6,9,12-14,16-17,19-20,23,30,36H,7-8,10-11,15,18H2,1-4H3,(H,38,39)/b6-5+. The van der Waals surface area contributed by atoms with E-state index >= 15 is 4.39 Å². The monoisotopic (exact) mass is 569 g/mol. The van der Waals surface area contributed by atoms with E-state index in [0.717, 1.165) is 37.8 Å². The van der Waals surface area contributed by atoms with Gasteiger partial charge in [0, 0.05) is 35.1 Å². The number of amides is 1. The van der Waals surface area contributed by atoms with Gasteiger partial charge in [0.1, 0.15) is 28.8 Å². The molecule has 1 unspecified atom stereocenters. The minimum atomic E-state index is -0.667. The first kappa shape index (κ1) is 30.4. The molecule has 2 aromatic carbocycles. The Morgan fingerprint density at radius 3 is 2.54 bits per heavy atom. The molecule has 2 N–H and O–H groups in total. The third-order valence-electron chi connectivity index (χ3n) is 7.38. The van der Waals surface area contributed by atoms with Crippen LogP contribution in [0, 0.1) is 23.4 Å². The highest BCUT2D eigenvalue weighted by molar-refractivity contribution is 5.84. The number of hydrogen-bond donors (Lipinski definition) is 2. The number of alkyl carbamates (subject to hydrolysis) is 1. The summed E-state index contributed by atoms with van der Waals surface area (Å²) in [4.78, 5) is 17.0. The third-order valence-corrected chi connectivity index (χ3v) is 7.38. The predicted octanol–water partition coefficient (Wildman–Crippen LogP) is 6.96. The van der Waals surface area contributed by atoms with E-state index in [4.69, 9.17) is 9.47 Å². The molecule has 41 heavy (non-hydrogen) atoms. The molecule has 1 atom stereocenters. The summed E-state index contributed by atoms with van der Waals surface area (Å²) in [5, 5.41) is 7.14. The topological polar surface area (TPSA) is 72.5 Å². The van der Waals surface area contributed by atoms with Gasteiger partial charge in [0.25, 0.3) is 0 Å². The van der Waals surface area contributed by atoms with Gasteiger partial charge in [-0.25, -0.2) is 18.0 Å². The van der Waals surface area contributed by atoms with Crippen molar-refractivity contribution in [2.75, 3.05) is 13.7 Å². The number of halogens is 3. The van der Waals surface area contributed by atoms with Crippen molar-refractivity contribution in [2.45, 2.75) is 70.6 Å². The van der Waals surface area contributed by atoms with Gasteiger partial charge >= 0.3 is 6.09 Å². The smallest absolute Gasteiger partial charge is 0.407 e. The van der Waals surface area contributed by atoms with Crippen molar-refractivity contribution < 1.29 is 27.4 Å². The lowest BCUT2D eigenvalue weighted by atomic mass is 9.79. The zero-order valence-corrected chi connectivity index (χ0v) is 24.0. The molecule has 0 saturated heterocycles. The van der Waals surface area contributed by atoms with Gasteiger partial charge in [-0.2, -0.15) is 0 Å². The SMILES string of the molecule is COc1ccc2ncc(F)c(CC(NC(=O)OC(C)(C)C)C3CCC(NC/C=C/c4cc(F)ccc4F)CC3)c2c1. The Morgan fingerprint density at radius 1 is 1.07 bits per heavy atom. The number of fused-ring (bicyclic) bond motifs is 1. The summed E-state index contributed by atoms with van der Waals surface area (Å²) >= 11 is 0. The number of nitrogens with one attached hydrogen (secondary N) is 2. The molecule has 1 aromatic heterocycles. The van der Waals surface area contributed by atoms with Crippen molar-refractivity contribution in [1.29, 1.82) is 0 Å². The molecule has 1 saturated carbocycles. The molecular formula is C32H38F3N3O3. The lowest BCUT2D eigenvalue weighted by molar-refractivity contribution is 0.0474. The Hall–Kier alpha value is -3.59. The molecule has 1 heterocycles. The zero-order valence-electron chi connectivity index (χ0n) is 24.0. The average Bonchev–Trinajstić information content (AvgIpc) is 2.93. The molecule has 3 aromatic rings. The highest BCUT2D eigenvalue weighted by Gasteiger charge is 2.31. The minimum Gasteiger partial charge on any atom is -0.497 e. The largest absolute Gasteiger partial charge is 0.497 e. The molecule has 1 aliphatic rings. The number of rotatable bonds is 9. The van der Waals surface area contributed by atoms with Crippen molar-refractivity contribution in [3.05, 3.63) is 77.2 Å². The van der Waals surface area contributed by atoms with Crippen molar-refractivity contribution >= 4 is 23.1 Å². The van der Waals surface area contributed by atoms with Gasteiger partial charge in [0.05, 0.1) is 18.8 Å². The number of aromatic nitrogens is 1. The summed E-state index contributed by atoms with van der Waals surface area (Å²) in [5.41, 5.74) is 0.669. The second kappa shape index (κ2) is 13.4. The summed E-state index contributed by atoms with van der Waals surface area (Å²) in [7, 11) is 1.56. The summed E-state index contributed by atoms with van der Waals surface area (Å²) in [6.07, 6.45) is 7.65. The summed E-state index contributed by atoms with van der Waals surface area (Å²) in [6, 6.07) is 8.60. The van der Waals surface area contributed by atoms with Crippen LogP contribution in [0.4, 0.5) is 18.0 Å².